The van der Waals surface area contributed by atoms with E-state index in [-0.39, 0.29) is 24.4 Å². The van der Waals surface area contributed by atoms with Crippen LogP contribution in [0.5, 0.6) is 0 Å². The summed E-state index contributed by atoms with van der Waals surface area (Å²) >= 11 is 1.74. The van der Waals surface area contributed by atoms with Crippen molar-refractivity contribution in [1.82, 2.24) is 10.2 Å². The molecule has 1 aliphatic carbocycles. The summed E-state index contributed by atoms with van der Waals surface area (Å²) in [6.07, 6.45) is 6.25. The maximum absolute atomic E-state index is 12.6. The molecule has 21 heavy (non-hydrogen) atoms. The van der Waals surface area contributed by atoms with E-state index >= 15 is 0 Å². The first-order valence-corrected chi connectivity index (χ1v) is 8.57. The molecule has 2 heterocycles. The van der Waals surface area contributed by atoms with Crippen LogP contribution in [0.3, 0.4) is 0 Å². The summed E-state index contributed by atoms with van der Waals surface area (Å²) < 4.78 is 0. The number of aryl methyl sites for hydroxylation is 1. The molecule has 1 amide bonds. The van der Waals surface area contributed by atoms with Crippen LogP contribution in [0.4, 0.5) is 0 Å². The highest BCUT2D eigenvalue weighted by Crippen LogP contribution is 2.33. The molecular formula is C16H25ClN2OS. The Balaban J connectivity index is 0.00000161. The van der Waals surface area contributed by atoms with Gasteiger partial charge in [-0.15, -0.1) is 23.7 Å². The van der Waals surface area contributed by atoms with Gasteiger partial charge < -0.3 is 10.2 Å². The normalized spacial score (nSPS) is 27.8. The number of thiophene rings is 1. The van der Waals surface area contributed by atoms with E-state index < -0.39 is 0 Å². The minimum Gasteiger partial charge on any atom is -0.339 e. The molecule has 1 aromatic rings. The second-order valence-electron chi connectivity index (χ2n) is 6.33. The van der Waals surface area contributed by atoms with Crippen molar-refractivity contribution in [3.05, 3.63) is 21.9 Å². The van der Waals surface area contributed by atoms with Crippen molar-refractivity contribution in [1.29, 1.82) is 0 Å². The van der Waals surface area contributed by atoms with Crippen molar-refractivity contribution in [2.45, 2.75) is 57.7 Å². The number of hydrogen-bond acceptors (Lipinski definition) is 3. The maximum atomic E-state index is 12.6. The van der Waals surface area contributed by atoms with Crippen molar-refractivity contribution in [2.75, 3.05) is 7.05 Å². The molecule has 3 nitrogen and oxygen atoms in total. The Labute approximate surface area is 137 Å². The van der Waals surface area contributed by atoms with Gasteiger partial charge in [-0.05, 0) is 49.1 Å². The number of halogens is 1. The zero-order chi connectivity index (χ0) is 14.1. The van der Waals surface area contributed by atoms with E-state index in [0.29, 0.717) is 6.04 Å². The Kier molecular flexibility index (Phi) is 5.69. The molecular weight excluding hydrogens is 304 g/mol. The molecule has 0 bridgehead atoms. The van der Waals surface area contributed by atoms with E-state index in [0.717, 1.165) is 18.9 Å². The summed E-state index contributed by atoms with van der Waals surface area (Å²) in [7, 11) is 1.94. The highest BCUT2D eigenvalue weighted by Gasteiger charge is 2.39. The number of likely N-dealkylation sites (N-methyl/N-ethyl adjacent to an activating group) is 1. The van der Waals surface area contributed by atoms with Crippen molar-refractivity contribution in [3.63, 3.8) is 0 Å². The third-order valence-corrected chi connectivity index (χ3v) is 5.89. The van der Waals surface area contributed by atoms with Crippen LogP contribution in [0, 0.1) is 12.8 Å². The predicted octanol–water partition coefficient (Wildman–Crippen LogP) is 3.36. The Morgan fingerprint density at radius 3 is 2.86 bits per heavy atom. The van der Waals surface area contributed by atoms with Gasteiger partial charge in [-0.2, -0.15) is 0 Å². The lowest BCUT2D eigenvalue weighted by atomic mass is 9.85. The summed E-state index contributed by atoms with van der Waals surface area (Å²) in [5, 5.41) is 5.68. The van der Waals surface area contributed by atoms with Crippen molar-refractivity contribution in [3.8, 4) is 0 Å². The van der Waals surface area contributed by atoms with Gasteiger partial charge >= 0.3 is 0 Å². The molecule has 3 atom stereocenters. The Bertz CT molecular complexity index is 476. The second-order valence-corrected chi connectivity index (χ2v) is 7.33. The van der Waals surface area contributed by atoms with Crippen LogP contribution in [-0.2, 0) is 11.3 Å². The van der Waals surface area contributed by atoms with Gasteiger partial charge in [-0.25, -0.2) is 0 Å². The van der Waals surface area contributed by atoms with Gasteiger partial charge in [0.25, 0.3) is 0 Å². The number of nitrogens with one attached hydrogen (secondary N) is 1. The molecule has 1 aliphatic heterocycles. The molecule has 2 fully saturated rings. The van der Waals surface area contributed by atoms with E-state index in [9.17, 15) is 4.79 Å². The number of carbonyl (C=O) groups excluding carboxylic acids is 1. The summed E-state index contributed by atoms with van der Waals surface area (Å²) in [4.78, 5) is 15.8. The summed E-state index contributed by atoms with van der Waals surface area (Å²) in [6, 6.07) is 2.77. The molecule has 2 aliphatic rings. The van der Waals surface area contributed by atoms with Crippen molar-refractivity contribution >= 4 is 29.7 Å². The lowest BCUT2D eigenvalue weighted by Gasteiger charge is -2.24. The maximum Gasteiger partial charge on any atom is 0.239 e. The molecule has 0 spiro atoms. The molecule has 1 N–H and O–H groups in total. The van der Waals surface area contributed by atoms with Crippen LogP contribution in [0.2, 0.25) is 0 Å². The average Bonchev–Trinajstić information content (AvgIpc) is 3.04. The number of fused-ring (bicyclic) bond motifs is 1. The SMILES string of the molecule is Cc1ccsc1CN(C)C(=O)C1CC2CCCCC2N1.Cl. The van der Waals surface area contributed by atoms with Crippen molar-refractivity contribution in [2.24, 2.45) is 5.92 Å². The van der Waals surface area contributed by atoms with Gasteiger partial charge in [0.15, 0.2) is 0 Å². The van der Waals surface area contributed by atoms with Gasteiger partial charge in [0.2, 0.25) is 5.91 Å². The Hall–Kier alpha value is -0.580. The van der Waals surface area contributed by atoms with E-state index in [1.807, 2.05) is 11.9 Å². The summed E-state index contributed by atoms with van der Waals surface area (Å²) in [5.41, 5.74) is 1.29. The quantitative estimate of drug-likeness (QED) is 0.922. The fourth-order valence-electron chi connectivity index (χ4n) is 3.64. The molecule has 3 rings (SSSR count). The van der Waals surface area contributed by atoms with Crippen LogP contribution >= 0.6 is 23.7 Å². The number of hydrogen-bond donors (Lipinski definition) is 1. The number of amides is 1. The minimum atomic E-state index is 0. The van der Waals surface area contributed by atoms with E-state index in [1.54, 1.807) is 11.3 Å². The zero-order valence-corrected chi connectivity index (χ0v) is 14.4. The van der Waals surface area contributed by atoms with Gasteiger partial charge in [-0.1, -0.05) is 12.8 Å². The first kappa shape index (κ1) is 16.8. The molecule has 3 unspecified atom stereocenters. The number of nitrogens with zero attached hydrogens (tertiary/aromatic N) is 1. The molecule has 1 saturated carbocycles. The highest BCUT2D eigenvalue weighted by atomic mass is 35.5. The molecule has 1 saturated heterocycles. The zero-order valence-electron chi connectivity index (χ0n) is 12.8. The Morgan fingerprint density at radius 2 is 2.19 bits per heavy atom. The largest absolute Gasteiger partial charge is 0.339 e. The van der Waals surface area contributed by atoms with Gasteiger partial charge in [0, 0.05) is 18.0 Å². The number of rotatable bonds is 3. The summed E-state index contributed by atoms with van der Waals surface area (Å²) in [6.45, 7) is 2.86. The molecule has 0 aromatic carbocycles. The average molecular weight is 329 g/mol. The van der Waals surface area contributed by atoms with E-state index in [2.05, 4.69) is 23.7 Å². The van der Waals surface area contributed by atoms with Crippen LogP contribution in [0.1, 0.15) is 42.5 Å². The fraction of sp³-hybridized carbons (Fsp3) is 0.688. The van der Waals surface area contributed by atoms with Crippen LogP contribution in [0.25, 0.3) is 0 Å². The lowest BCUT2D eigenvalue weighted by Crippen LogP contribution is -2.43. The van der Waals surface area contributed by atoms with Crippen LogP contribution < -0.4 is 5.32 Å². The first-order chi connectivity index (χ1) is 9.65. The molecule has 1 aromatic heterocycles. The highest BCUT2D eigenvalue weighted by molar-refractivity contribution is 7.10. The molecule has 0 radical (unpaired) electrons. The standard InChI is InChI=1S/C16H24N2OS.ClH/c1-11-7-8-20-15(11)10-18(2)16(19)14-9-12-5-3-4-6-13(12)17-14;/h7-8,12-14,17H,3-6,9-10H2,1-2H3;1H. The minimum absolute atomic E-state index is 0. The summed E-state index contributed by atoms with van der Waals surface area (Å²) in [5.74, 6) is 1.00. The lowest BCUT2D eigenvalue weighted by molar-refractivity contribution is -0.132. The monoisotopic (exact) mass is 328 g/mol. The molecule has 118 valence electrons. The third kappa shape index (κ3) is 3.61. The van der Waals surface area contributed by atoms with E-state index in [1.165, 1.54) is 36.1 Å². The predicted molar refractivity (Wildman–Crippen MR) is 90.1 cm³/mol. The smallest absolute Gasteiger partial charge is 0.239 e. The number of carbonyl (C=O) groups is 1. The van der Waals surface area contributed by atoms with Crippen molar-refractivity contribution < 1.29 is 4.79 Å². The van der Waals surface area contributed by atoms with Gasteiger partial charge in [-0.3, -0.25) is 4.79 Å². The van der Waals surface area contributed by atoms with Gasteiger partial charge in [0.1, 0.15) is 0 Å². The third-order valence-electron chi connectivity index (χ3n) is 4.89. The fourth-order valence-corrected chi connectivity index (χ4v) is 4.59. The Morgan fingerprint density at radius 1 is 1.43 bits per heavy atom. The second kappa shape index (κ2) is 7.12. The molecule has 5 heteroatoms. The van der Waals surface area contributed by atoms with Crippen LogP contribution in [-0.4, -0.2) is 29.9 Å². The van der Waals surface area contributed by atoms with Gasteiger partial charge in [0.05, 0.1) is 12.6 Å². The first-order valence-electron chi connectivity index (χ1n) is 7.69. The van der Waals surface area contributed by atoms with Crippen LogP contribution in [0.15, 0.2) is 11.4 Å². The van der Waals surface area contributed by atoms with E-state index in [4.69, 9.17) is 0 Å². The topological polar surface area (TPSA) is 32.3 Å².